The summed E-state index contributed by atoms with van der Waals surface area (Å²) in [6.07, 6.45) is 0. The molecular formula is C20H17ClN2O5S. The largest absolute Gasteiger partial charge is 0.486 e. The highest BCUT2D eigenvalue weighted by molar-refractivity contribution is 7.16. The molecule has 0 saturated carbocycles. The Balaban J connectivity index is 1.83. The lowest BCUT2D eigenvalue weighted by Gasteiger charge is -2.18. The topological polar surface area (TPSA) is 79.1 Å². The van der Waals surface area contributed by atoms with Crippen molar-refractivity contribution in [1.29, 1.82) is 0 Å². The van der Waals surface area contributed by atoms with Crippen LogP contribution in [0.2, 0.25) is 5.02 Å². The number of nitrogens with zero attached hydrogens (tertiary/aromatic N) is 2. The van der Waals surface area contributed by atoms with Gasteiger partial charge in [0.05, 0.1) is 17.3 Å². The molecule has 0 N–H and O–H groups in total. The van der Waals surface area contributed by atoms with Crippen LogP contribution in [-0.4, -0.2) is 36.8 Å². The Morgan fingerprint density at radius 1 is 1.21 bits per heavy atom. The van der Waals surface area contributed by atoms with E-state index in [1.165, 1.54) is 18.4 Å². The average Bonchev–Trinajstić information content (AvgIpc) is 3.07. The predicted molar refractivity (Wildman–Crippen MR) is 109 cm³/mol. The van der Waals surface area contributed by atoms with Gasteiger partial charge in [-0.25, -0.2) is 0 Å². The Morgan fingerprint density at radius 2 is 1.97 bits per heavy atom. The first-order valence-corrected chi connectivity index (χ1v) is 10.0. The van der Waals surface area contributed by atoms with E-state index >= 15 is 0 Å². The molecule has 1 amide bonds. The Morgan fingerprint density at radius 3 is 2.72 bits per heavy atom. The van der Waals surface area contributed by atoms with E-state index in [2.05, 4.69) is 4.99 Å². The number of esters is 1. The number of benzene rings is 2. The molecule has 0 aliphatic carbocycles. The first-order chi connectivity index (χ1) is 14.0. The summed E-state index contributed by atoms with van der Waals surface area (Å²) in [4.78, 5) is 29.4. The number of amides is 1. The number of fused-ring (bicyclic) bond motifs is 2. The number of methoxy groups -OCH3 is 1. The van der Waals surface area contributed by atoms with Crippen LogP contribution in [0.3, 0.4) is 0 Å². The molecule has 4 rings (SSSR count). The van der Waals surface area contributed by atoms with Crippen LogP contribution in [0.5, 0.6) is 11.5 Å². The van der Waals surface area contributed by atoms with Gasteiger partial charge in [0.1, 0.15) is 19.8 Å². The number of halogens is 1. The summed E-state index contributed by atoms with van der Waals surface area (Å²) in [5, 5.41) is 0.568. The number of aryl methyl sites for hydroxylation is 1. The van der Waals surface area contributed by atoms with Gasteiger partial charge < -0.3 is 18.8 Å². The maximum Gasteiger partial charge on any atom is 0.325 e. The Labute approximate surface area is 175 Å². The molecule has 3 aromatic rings. The monoisotopic (exact) mass is 432 g/mol. The van der Waals surface area contributed by atoms with Crippen LogP contribution >= 0.6 is 22.9 Å². The van der Waals surface area contributed by atoms with Crippen LogP contribution in [0.25, 0.3) is 10.2 Å². The molecule has 29 heavy (non-hydrogen) atoms. The minimum atomic E-state index is -0.448. The molecule has 7 nitrogen and oxygen atoms in total. The van der Waals surface area contributed by atoms with Gasteiger partial charge >= 0.3 is 5.97 Å². The van der Waals surface area contributed by atoms with Crippen LogP contribution < -0.4 is 14.3 Å². The zero-order valence-corrected chi connectivity index (χ0v) is 17.3. The van der Waals surface area contributed by atoms with Gasteiger partial charge in [-0.2, -0.15) is 4.99 Å². The summed E-state index contributed by atoms with van der Waals surface area (Å²) in [7, 11) is 1.31. The quantitative estimate of drug-likeness (QED) is 0.593. The molecule has 150 valence electrons. The summed E-state index contributed by atoms with van der Waals surface area (Å²) in [6.45, 7) is 2.68. The molecule has 0 bridgehead atoms. The molecule has 1 aliphatic rings. The van der Waals surface area contributed by atoms with E-state index in [1.807, 2.05) is 13.0 Å². The van der Waals surface area contributed by atoms with Gasteiger partial charge in [-0.3, -0.25) is 9.59 Å². The molecule has 0 fully saturated rings. The molecule has 0 spiro atoms. The second-order valence-electron chi connectivity index (χ2n) is 6.34. The molecular weight excluding hydrogens is 416 g/mol. The van der Waals surface area contributed by atoms with Gasteiger partial charge in [-0.15, -0.1) is 0 Å². The molecule has 2 heterocycles. The van der Waals surface area contributed by atoms with Crippen molar-refractivity contribution in [2.45, 2.75) is 13.5 Å². The number of thiazole rings is 1. The number of aromatic nitrogens is 1. The minimum absolute atomic E-state index is 0.0784. The highest BCUT2D eigenvalue weighted by atomic mass is 35.5. The lowest BCUT2D eigenvalue weighted by atomic mass is 10.2. The van der Waals surface area contributed by atoms with Crippen molar-refractivity contribution in [2.24, 2.45) is 4.99 Å². The van der Waals surface area contributed by atoms with E-state index in [1.54, 1.807) is 28.8 Å². The Kier molecular flexibility index (Phi) is 5.29. The number of hydrogen-bond donors (Lipinski definition) is 0. The second kappa shape index (κ2) is 7.88. The molecule has 0 saturated heterocycles. The van der Waals surface area contributed by atoms with E-state index < -0.39 is 11.9 Å². The summed E-state index contributed by atoms with van der Waals surface area (Å²) < 4.78 is 18.3. The first-order valence-electron chi connectivity index (χ1n) is 8.82. The van der Waals surface area contributed by atoms with Gasteiger partial charge in [-0.1, -0.05) is 22.9 Å². The molecule has 9 heteroatoms. The van der Waals surface area contributed by atoms with Crippen molar-refractivity contribution in [3.8, 4) is 11.5 Å². The zero-order chi connectivity index (χ0) is 20.5. The van der Waals surface area contributed by atoms with E-state index in [4.69, 9.17) is 25.8 Å². The van der Waals surface area contributed by atoms with Crippen molar-refractivity contribution in [1.82, 2.24) is 4.57 Å². The number of carbonyl (C=O) groups is 2. The number of ether oxygens (including phenoxy) is 3. The smallest absolute Gasteiger partial charge is 0.325 e. The highest BCUT2D eigenvalue weighted by Crippen LogP contribution is 2.31. The maximum absolute atomic E-state index is 12.8. The Hall–Kier alpha value is -2.84. The van der Waals surface area contributed by atoms with Crippen molar-refractivity contribution in [3.63, 3.8) is 0 Å². The van der Waals surface area contributed by atoms with E-state index in [9.17, 15) is 9.59 Å². The fourth-order valence-electron chi connectivity index (χ4n) is 3.07. The normalized spacial score (nSPS) is 13.6. The summed E-state index contributed by atoms with van der Waals surface area (Å²) in [5.74, 6) is 0.215. The van der Waals surface area contributed by atoms with Crippen LogP contribution in [0.4, 0.5) is 0 Å². The number of carbonyl (C=O) groups excluding carboxylic acids is 2. The van der Waals surface area contributed by atoms with Crippen molar-refractivity contribution < 1.29 is 23.8 Å². The average molecular weight is 433 g/mol. The van der Waals surface area contributed by atoms with Gasteiger partial charge in [0.25, 0.3) is 5.91 Å². The standard InChI is InChI=1S/C20H17ClN2O5S/c1-11-13(21)4-6-16-18(11)23(10-17(24)26-2)20(29-16)22-19(25)12-3-5-14-15(9-12)28-8-7-27-14/h3-6,9H,7-8,10H2,1-2H3. The van der Waals surface area contributed by atoms with Crippen molar-refractivity contribution in [3.05, 3.63) is 51.3 Å². The van der Waals surface area contributed by atoms with Crippen molar-refractivity contribution >= 4 is 45.0 Å². The summed E-state index contributed by atoms with van der Waals surface area (Å²) in [5.41, 5.74) is 1.92. The first kappa shape index (κ1) is 19.5. The van der Waals surface area contributed by atoms with E-state index in [0.717, 1.165) is 15.8 Å². The Bertz CT molecular complexity index is 1200. The van der Waals surface area contributed by atoms with Crippen molar-refractivity contribution in [2.75, 3.05) is 20.3 Å². The lowest BCUT2D eigenvalue weighted by Crippen LogP contribution is -2.23. The van der Waals surface area contributed by atoms with E-state index in [0.29, 0.717) is 40.1 Å². The fraction of sp³-hybridized carbons (Fsp3) is 0.250. The maximum atomic E-state index is 12.8. The van der Waals surface area contributed by atoms with Crippen LogP contribution in [0.1, 0.15) is 15.9 Å². The van der Waals surface area contributed by atoms with Crippen LogP contribution in [0, 0.1) is 6.92 Å². The van der Waals surface area contributed by atoms with Gasteiger partial charge in [0.15, 0.2) is 16.3 Å². The highest BCUT2D eigenvalue weighted by Gasteiger charge is 2.17. The second-order valence-corrected chi connectivity index (χ2v) is 7.76. The fourth-order valence-corrected chi connectivity index (χ4v) is 4.31. The number of hydrogen-bond acceptors (Lipinski definition) is 6. The molecule has 1 aromatic heterocycles. The zero-order valence-electron chi connectivity index (χ0n) is 15.7. The van der Waals surface area contributed by atoms with Gasteiger partial charge in [-0.05, 0) is 42.8 Å². The molecule has 0 radical (unpaired) electrons. The SMILES string of the molecule is COC(=O)Cn1c(=NC(=O)c2ccc3c(c2)OCCO3)sc2ccc(Cl)c(C)c21. The lowest BCUT2D eigenvalue weighted by molar-refractivity contribution is -0.141. The predicted octanol–water partition coefficient (Wildman–Crippen LogP) is 3.35. The third-order valence-electron chi connectivity index (χ3n) is 4.53. The molecule has 0 atom stereocenters. The summed E-state index contributed by atoms with van der Waals surface area (Å²) in [6, 6.07) is 8.57. The van der Waals surface area contributed by atoms with Crippen LogP contribution in [0.15, 0.2) is 35.3 Å². The third-order valence-corrected chi connectivity index (χ3v) is 5.98. The molecule has 2 aromatic carbocycles. The molecule has 1 aliphatic heterocycles. The van der Waals surface area contributed by atoms with E-state index in [-0.39, 0.29) is 6.54 Å². The minimum Gasteiger partial charge on any atom is -0.486 e. The van der Waals surface area contributed by atoms with Gasteiger partial charge in [0.2, 0.25) is 0 Å². The van der Waals surface area contributed by atoms with Gasteiger partial charge in [0, 0.05) is 10.6 Å². The summed E-state index contributed by atoms with van der Waals surface area (Å²) >= 11 is 7.56. The van der Waals surface area contributed by atoms with Crippen LogP contribution in [-0.2, 0) is 16.1 Å². The molecule has 0 unspecified atom stereocenters. The number of rotatable bonds is 3. The third kappa shape index (κ3) is 3.73.